The second-order valence-electron chi connectivity index (χ2n) is 4.44. The first kappa shape index (κ1) is 15.6. The fraction of sp³-hybridized carbons (Fsp3) is 0.176. The molecular weight excluding hydrogens is 282 g/mol. The van der Waals surface area contributed by atoms with E-state index in [1.807, 2.05) is 18.2 Å². The molecule has 0 spiro atoms. The van der Waals surface area contributed by atoms with Gasteiger partial charge in [-0.2, -0.15) is 0 Å². The number of carbonyl (C=O) groups excluding carboxylic acids is 2. The molecule has 0 saturated heterocycles. The number of hydrogen-bond donors (Lipinski definition) is 1. The van der Waals surface area contributed by atoms with Crippen molar-refractivity contribution in [3.63, 3.8) is 0 Å². The molecule has 0 fully saturated rings. The van der Waals surface area contributed by atoms with Gasteiger partial charge in [0.2, 0.25) is 0 Å². The van der Waals surface area contributed by atoms with E-state index in [0.717, 1.165) is 0 Å². The Morgan fingerprint density at radius 1 is 1.00 bits per heavy atom. The van der Waals surface area contributed by atoms with Gasteiger partial charge in [0.25, 0.3) is 5.91 Å². The Balaban J connectivity index is 2.07. The molecule has 0 radical (unpaired) electrons. The minimum Gasteiger partial charge on any atom is -0.456 e. The van der Waals surface area contributed by atoms with Crippen molar-refractivity contribution >= 4 is 11.9 Å². The Labute approximate surface area is 128 Å². The van der Waals surface area contributed by atoms with E-state index in [2.05, 4.69) is 5.32 Å². The zero-order chi connectivity index (χ0) is 15.8. The standard InChI is InChI=1S/C17H17NO4/c1-2-18-16(19)12-21-17(20)14-10-6-7-11-15(14)22-13-8-4-3-5-9-13/h3-11H,2,12H2,1H3,(H,18,19). The molecular formula is C17H17NO4. The lowest BCUT2D eigenvalue weighted by Crippen LogP contribution is -2.28. The summed E-state index contributed by atoms with van der Waals surface area (Å²) in [6.45, 7) is 1.97. The van der Waals surface area contributed by atoms with Crippen molar-refractivity contribution < 1.29 is 19.1 Å². The van der Waals surface area contributed by atoms with Gasteiger partial charge in [-0.25, -0.2) is 4.79 Å². The molecule has 2 aromatic rings. The molecule has 22 heavy (non-hydrogen) atoms. The molecule has 0 aliphatic carbocycles. The molecule has 0 atom stereocenters. The van der Waals surface area contributed by atoms with E-state index in [1.54, 1.807) is 43.3 Å². The number of para-hydroxylation sites is 2. The van der Waals surface area contributed by atoms with Gasteiger partial charge in [0.15, 0.2) is 6.61 Å². The van der Waals surface area contributed by atoms with Crippen LogP contribution in [0.15, 0.2) is 54.6 Å². The third kappa shape index (κ3) is 4.34. The Bertz CT molecular complexity index is 640. The third-order valence-electron chi connectivity index (χ3n) is 2.79. The molecule has 1 N–H and O–H groups in total. The number of amides is 1. The van der Waals surface area contributed by atoms with Crippen molar-refractivity contribution in [3.8, 4) is 11.5 Å². The molecule has 0 unspecified atom stereocenters. The lowest BCUT2D eigenvalue weighted by molar-refractivity contribution is -0.124. The molecule has 114 valence electrons. The molecule has 2 aromatic carbocycles. The topological polar surface area (TPSA) is 64.6 Å². The number of carbonyl (C=O) groups is 2. The highest BCUT2D eigenvalue weighted by atomic mass is 16.5. The predicted molar refractivity (Wildman–Crippen MR) is 81.9 cm³/mol. The fourth-order valence-electron chi connectivity index (χ4n) is 1.80. The van der Waals surface area contributed by atoms with Crippen LogP contribution in [0.3, 0.4) is 0 Å². The summed E-state index contributed by atoms with van der Waals surface area (Å²) in [6, 6.07) is 15.9. The SMILES string of the molecule is CCNC(=O)COC(=O)c1ccccc1Oc1ccccc1. The second-order valence-corrected chi connectivity index (χ2v) is 4.44. The first-order valence-electron chi connectivity index (χ1n) is 6.96. The lowest BCUT2D eigenvalue weighted by Gasteiger charge is -2.10. The number of rotatable bonds is 6. The summed E-state index contributed by atoms with van der Waals surface area (Å²) < 4.78 is 10.7. The highest BCUT2D eigenvalue weighted by Gasteiger charge is 2.15. The largest absolute Gasteiger partial charge is 0.456 e. The van der Waals surface area contributed by atoms with Gasteiger partial charge in [-0.05, 0) is 31.2 Å². The Hall–Kier alpha value is -2.82. The first-order valence-corrected chi connectivity index (χ1v) is 6.96. The maximum atomic E-state index is 12.1. The molecule has 0 aromatic heterocycles. The summed E-state index contributed by atoms with van der Waals surface area (Å²) >= 11 is 0. The van der Waals surface area contributed by atoms with Crippen LogP contribution in [0.4, 0.5) is 0 Å². The van der Waals surface area contributed by atoms with Crippen LogP contribution in [0.25, 0.3) is 0 Å². The minimum absolute atomic E-state index is 0.274. The monoisotopic (exact) mass is 299 g/mol. The van der Waals surface area contributed by atoms with E-state index in [9.17, 15) is 9.59 Å². The van der Waals surface area contributed by atoms with Gasteiger partial charge in [-0.1, -0.05) is 30.3 Å². The van der Waals surface area contributed by atoms with Crippen LogP contribution >= 0.6 is 0 Å². The number of likely N-dealkylation sites (N-methyl/N-ethyl adjacent to an activating group) is 1. The smallest absolute Gasteiger partial charge is 0.342 e. The summed E-state index contributed by atoms with van der Waals surface area (Å²) in [4.78, 5) is 23.4. The van der Waals surface area contributed by atoms with Crippen LogP contribution in [0.1, 0.15) is 17.3 Å². The third-order valence-corrected chi connectivity index (χ3v) is 2.79. The summed E-state index contributed by atoms with van der Waals surface area (Å²) in [6.07, 6.45) is 0. The highest BCUT2D eigenvalue weighted by Crippen LogP contribution is 2.25. The Kier molecular flexibility index (Phi) is 5.54. The number of nitrogens with one attached hydrogen (secondary N) is 1. The summed E-state index contributed by atoms with van der Waals surface area (Å²) in [5, 5.41) is 2.56. The quantitative estimate of drug-likeness (QED) is 0.833. The van der Waals surface area contributed by atoms with E-state index in [1.165, 1.54) is 0 Å². The number of esters is 1. The highest BCUT2D eigenvalue weighted by molar-refractivity contribution is 5.94. The van der Waals surface area contributed by atoms with Crippen LogP contribution in [0.5, 0.6) is 11.5 Å². The molecule has 0 heterocycles. The van der Waals surface area contributed by atoms with Gasteiger partial charge in [-0.15, -0.1) is 0 Å². The molecule has 0 bridgehead atoms. The maximum Gasteiger partial charge on any atom is 0.342 e. The van der Waals surface area contributed by atoms with Crippen molar-refractivity contribution in [1.82, 2.24) is 5.32 Å². The van der Waals surface area contributed by atoms with Gasteiger partial charge < -0.3 is 14.8 Å². The molecule has 2 rings (SSSR count). The average molecular weight is 299 g/mol. The normalized spacial score (nSPS) is 9.86. The maximum absolute atomic E-state index is 12.1. The molecule has 0 saturated carbocycles. The summed E-state index contributed by atoms with van der Waals surface area (Å²) in [5.41, 5.74) is 0.274. The van der Waals surface area contributed by atoms with Crippen LogP contribution < -0.4 is 10.1 Å². The van der Waals surface area contributed by atoms with Gasteiger partial charge in [0.05, 0.1) is 0 Å². The van der Waals surface area contributed by atoms with E-state index < -0.39 is 5.97 Å². The first-order chi connectivity index (χ1) is 10.7. The van der Waals surface area contributed by atoms with Crippen molar-refractivity contribution in [3.05, 3.63) is 60.2 Å². The van der Waals surface area contributed by atoms with Crippen molar-refractivity contribution in [2.45, 2.75) is 6.92 Å². The van der Waals surface area contributed by atoms with E-state index in [0.29, 0.717) is 18.0 Å². The zero-order valence-corrected chi connectivity index (χ0v) is 12.2. The molecule has 5 heteroatoms. The van der Waals surface area contributed by atoms with Crippen molar-refractivity contribution in [2.75, 3.05) is 13.2 Å². The van der Waals surface area contributed by atoms with E-state index >= 15 is 0 Å². The molecule has 0 aliphatic heterocycles. The Morgan fingerprint density at radius 2 is 1.68 bits per heavy atom. The number of ether oxygens (including phenoxy) is 2. The molecule has 0 aliphatic rings. The zero-order valence-electron chi connectivity index (χ0n) is 12.2. The minimum atomic E-state index is -0.599. The van der Waals surface area contributed by atoms with Crippen LogP contribution in [0, 0.1) is 0 Å². The van der Waals surface area contributed by atoms with Gasteiger partial charge in [0.1, 0.15) is 17.1 Å². The van der Waals surface area contributed by atoms with E-state index in [-0.39, 0.29) is 18.1 Å². The van der Waals surface area contributed by atoms with Crippen LogP contribution in [0.2, 0.25) is 0 Å². The summed E-state index contributed by atoms with van der Waals surface area (Å²) in [7, 11) is 0. The van der Waals surface area contributed by atoms with Crippen LogP contribution in [-0.2, 0) is 9.53 Å². The van der Waals surface area contributed by atoms with Gasteiger partial charge in [-0.3, -0.25) is 4.79 Å². The lowest BCUT2D eigenvalue weighted by atomic mass is 10.2. The predicted octanol–water partition coefficient (Wildman–Crippen LogP) is 2.77. The number of hydrogen-bond acceptors (Lipinski definition) is 4. The average Bonchev–Trinajstić information content (AvgIpc) is 2.54. The fourth-order valence-corrected chi connectivity index (χ4v) is 1.80. The van der Waals surface area contributed by atoms with Crippen molar-refractivity contribution in [1.29, 1.82) is 0 Å². The van der Waals surface area contributed by atoms with Crippen LogP contribution in [-0.4, -0.2) is 25.0 Å². The van der Waals surface area contributed by atoms with Crippen molar-refractivity contribution in [2.24, 2.45) is 0 Å². The Morgan fingerprint density at radius 3 is 2.41 bits per heavy atom. The summed E-state index contributed by atoms with van der Waals surface area (Å²) in [5.74, 6) is 0.0659. The van der Waals surface area contributed by atoms with Gasteiger partial charge >= 0.3 is 5.97 Å². The second kappa shape index (κ2) is 7.83. The number of benzene rings is 2. The van der Waals surface area contributed by atoms with E-state index in [4.69, 9.17) is 9.47 Å². The molecule has 5 nitrogen and oxygen atoms in total. The molecule has 1 amide bonds. The van der Waals surface area contributed by atoms with Gasteiger partial charge in [0, 0.05) is 6.54 Å².